The van der Waals surface area contributed by atoms with E-state index in [4.69, 9.17) is 10.2 Å². The molecule has 1 aliphatic heterocycles. The van der Waals surface area contributed by atoms with Crippen LogP contribution in [0, 0.1) is 0 Å². The van der Waals surface area contributed by atoms with Gasteiger partial charge in [0.2, 0.25) is 0 Å². The number of carbonyl (C=O) groups is 2. The van der Waals surface area contributed by atoms with Crippen molar-refractivity contribution in [3.05, 3.63) is 0 Å². The summed E-state index contributed by atoms with van der Waals surface area (Å²) in [4.78, 5) is 22.0. The summed E-state index contributed by atoms with van der Waals surface area (Å²) in [7, 11) is 1.50. The van der Waals surface area contributed by atoms with Gasteiger partial charge < -0.3 is 10.2 Å². The zero-order chi connectivity index (χ0) is 8.59. The minimum absolute atomic E-state index is 0.209. The van der Waals surface area contributed by atoms with E-state index in [0.717, 1.165) is 0 Å². The summed E-state index contributed by atoms with van der Waals surface area (Å²) >= 11 is 0. The molecule has 1 heterocycles. The van der Waals surface area contributed by atoms with Gasteiger partial charge >= 0.3 is 11.9 Å². The molecule has 2 N–H and O–H groups in total. The van der Waals surface area contributed by atoms with E-state index in [2.05, 4.69) is 0 Å². The second-order valence-corrected chi connectivity index (χ2v) is 2.61. The smallest absolute Gasteiger partial charge is 0.321 e. The normalized spacial score (nSPS) is 31.0. The van der Waals surface area contributed by atoms with Crippen LogP contribution in [-0.2, 0) is 9.59 Å². The van der Waals surface area contributed by atoms with Crippen LogP contribution in [0.5, 0.6) is 0 Å². The zero-order valence-corrected chi connectivity index (χ0v) is 6.02. The molecule has 0 aromatic carbocycles. The van der Waals surface area contributed by atoms with Crippen LogP contribution in [0.15, 0.2) is 0 Å². The summed E-state index contributed by atoms with van der Waals surface area (Å²) in [5.41, 5.74) is 0. The second-order valence-electron chi connectivity index (χ2n) is 2.61. The van der Waals surface area contributed by atoms with Gasteiger partial charge in [0.05, 0.1) is 0 Å². The summed E-state index contributed by atoms with van der Waals surface area (Å²) in [5, 5.41) is 16.9. The minimum Gasteiger partial charge on any atom is -0.480 e. The average molecular weight is 159 g/mol. The van der Waals surface area contributed by atoms with Crippen molar-refractivity contribution >= 4 is 11.9 Å². The third-order valence-electron chi connectivity index (χ3n) is 2.00. The van der Waals surface area contributed by atoms with Crippen molar-refractivity contribution < 1.29 is 19.8 Å². The van der Waals surface area contributed by atoms with Gasteiger partial charge in [-0.2, -0.15) is 0 Å². The Morgan fingerprint density at radius 3 is 1.82 bits per heavy atom. The molecule has 5 heteroatoms. The summed E-state index contributed by atoms with van der Waals surface area (Å²) in [6, 6.07) is -1.23. The molecule has 1 aliphatic rings. The fraction of sp³-hybridized carbons (Fsp3) is 0.667. The van der Waals surface area contributed by atoms with Crippen molar-refractivity contribution in [2.24, 2.45) is 0 Å². The molecule has 1 saturated heterocycles. The van der Waals surface area contributed by atoms with E-state index < -0.39 is 24.0 Å². The predicted molar refractivity (Wildman–Crippen MR) is 35.2 cm³/mol. The number of carboxylic acid groups (broad SMARTS) is 2. The van der Waals surface area contributed by atoms with E-state index in [1.807, 2.05) is 0 Å². The van der Waals surface area contributed by atoms with Crippen molar-refractivity contribution in [3.8, 4) is 0 Å². The molecule has 0 bridgehead atoms. The molecular formula is C6H9NO4. The number of rotatable bonds is 2. The van der Waals surface area contributed by atoms with E-state index in [-0.39, 0.29) is 6.42 Å². The molecule has 5 nitrogen and oxygen atoms in total. The molecule has 0 radical (unpaired) electrons. The first-order valence-electron chi connectivity index (χ1n) is 3.21. The van der Waals surface area contributed by atoms with E-state index in [1.54, 1.807) is 0 Å². The van der Waals surface area contributed by atoms with Crippen molar-refractivity contribution in [1.82, 2.24) is 4.90 Å². The maximum Gasteiger partial charge on any atom is 0.321 e. The Morgan fingerprint density at radius 2 is 1.64 bits per heavy atom. The van der Waals surface area contributed by atoms with Crippen LogP contribution in [0.2, 0.25) is 0 Å². The van der Waals surface area contributed by atoms with Crippen LogP contribution in [0.1, 0.15) is 6.42 Å². The van der Waals surface area contributed by atoms with E-state index >= 15 is 0 Å². The lowest BCUT2D eigenvalue weighted by Crippen LogP contribution is -2.60. The lowest BCUT2D eigenvalue weighted by Gasteiger charge is -2.40. The molecule has 0 amide bonds. The number of aliphatic carboxylic acids is 2. The first-order valence-corrected chi connectivity index (χ1v) is 3.21. The number of nitrogens with zero attached hydrogens (tertiary/aromatic N) is 1. The molecule has 0 aromatic rings. The molecule has 0 aliphatic carbocycles. The molecule has 1 rings (SSSR count). The van der Waals surface area contributed by atoms with Crippen molar-refractivity contribution in [3.63, 3.8) is 0 Å². The SMILES string of the molecule is CN1[C@@H](C(=O)O)C[C@@H]1C(=O)O. The van der Waals surface area contributed by atoms with Gasteiger partial charge in [-0.15, -0.1) is 0 Å². The van der Waals surface area contributed by atoms with Gasteiger partial charge in [-0.3, -0.25) is 14.5 Å². The Hall–Kier alpha value is -1.10. The van der Waals surface area contributed by atoms with Gasteiger partial charge in [-0.1, -0.05) is 0 Å². The maximum absolute atomic E-state index is 10.3. The van der Waals surface area contributed by atoms with E-state index in [0.29, 0.717) is 0 Å². The lowest BCUT2D eigenvalue weighted by molar-refractivity contribution is -0.160. The summed E-state index contributed by atoms with van der Waals surface area (Å²) in [6.45, 7) is 0. The maximum atomic E-state index is 10.3. The van der Waals surface area contributed by atoms with Crippen LogP contribution in [0.25, 0.3) is 0 Å². The largest absolute Gasteiger partial charge is 0.480 e. The Kier molecular flexibility index (Phi) is 1.82. The number of hydrogen-bond acceptors (Lipinski definition) is 3. The van der Waals surface area contributed by atoms with Gasteiger partial charge in [0.25, 0.3) is 0 Å². The first kappa shape index (κ1) is 8.00. The number of likely N-dealkylation sites (tertiary alicyclic amines) is 1. The highest BCUT2D eigenvalue weighted by Gasteiger charge is 2.44. The molecule has 0 aromatic heterocycles. The third kappa shape index (κ3) is 1.19. The molecule has 62 valence electrons. The fourth-order valence-corrected chi connectivity index (χ4v) is 1.17. The van der Waals surface area contributed by atoms with Crippen LogP contribution >= 0.6 is 0 Å². The van der Waals surface area contributed by atoms with E-state index in [1.165, 1.54) is 11.9 Å². The van der Waals surface area contributed by atoms with Crippen molar-refractivity contribution in [2.75, 3.05) is 7.05 Å². The molecule has 0 unspecified atom stereocenters. The monoisotopic (exact) mass is 159 g/mol. The van der Waals surface area contributed by atoms with Crippen LogP contribution in [0.3, 0.4) is 0 Å². The summed E-state index contributed by atoms with van der Waals surface area (Å²) in [5.74, 6) is -1.91. The molecule has 0 spiro atoms. The van der Waals surface area contributed by atoms with Crippen molar-refractivity contribution in [2.45, 2.75) is 18.5 Å². The Labute approximate surface area is 63.2 Å². The van der Waals surface area contributed by atoms with Gasteiger partial charge in [0.15, 0.2) is 0 Å². The first-order chi connectivity index (χ1) is 5.04. The van der Waals surface area contributed by atoms with Gasteiger partial charge in [-0.25, -0.2) is 0 Å². The average Bonchev–Trinajstić information content (AvgIpc) is 1.82. The third-order valence-corrected chi connectivity index (χ3v) is 2.00. The Bertz CT molecular complexity index is 183. The second kappa shape index (κ2) is 2.50. The number of carboxylic acids is 2. The van der Waals surface area contributed by atoms with Crippen molar-refractivity contribution in [1.29, 1.82) is 0 Å². The van der Waals surface area contributed by atoms with Crippen LogP contribution in [-0.4, -0.2) is 46.2 Å². The molecular weight excluding hydrogens is 150 g/mol. The number of likely N-dealkylation sites (N-methyl/N-ethyl adjacent to an activating group) is 1. The fourth-order valence-electron chi connectivity index (χ4n) is 1.17. The predicted octanol–water partition coefficient (Wildman–Crippen LogP) is -0.772. The standard InChI is InChI=1S/C6H9NO4/c1-7-3(5(8)9)2-4(7)6(10)11/h3-4H,2H2,1H3,(H,8,9)(H,10,11)/t3-,4-/m1/s1. The van der Waals surface area contributed by atoms with Crippen LogP contribution in [0.4, 0.5) is 0 Å². The topological polar surface area (TPSA) is 77.8 Å². The highest BCUT2D eigenvalue weighted by atomic mass is 16.4. The summed E-state index contributed by atoms with van der Waals surface area (Å²) < 4.78 is 0. The van der Waals surface area contributed by atoms with E-state index in [9.17, 15) is 9.59 Å². The Morgan fingerprint density at radius 1 is 1.27 bits per heavy atom. The quantitative estimate of drug-likeness (QED) is 0.553. The van der Waals surface area contributed by atoms with Gasteiger partial charge in [-0.05, 0) is 13.5 Å². The molecule has 0 saturated carbocycles. The molecule has 1 fully saturated rings. The highest BCUT2D eigenvalue weighted by molar-refractivity contribution is 5.82. The molecule has 2 atom stereocenters. The van der Waals surface area contributed by atoms with Gasteiger partial charge in [0.1, 0.15) is 12.1 Å². The molecule has 11 heavy (non-hydrogen) atoms. The number of hydrogen-bond donors (Lipinski definition) is 2. The van der Waals surface area contributed by atoms with Crippen LogP contribution < -0.4 is 0 Å². The van der Waals surface area contributed by atoms with Gasteiger partial charge in [0, 0.05) is 0 Å². The zero-order valence-electron chi connectivity index (χ0n) is 6.02. The lowest BCUT2D eigenvalue weighted by atomic mass is 9.94. The Balaban J connectivity index is 2.50. The summed E-state index contributed by atoms with van der Waals surface area (Å²) in [6.07, 6.45) is 0.209. The highest BCUT2D eigenvalue weighted by Crippen LogP contribution is 2.23. The minimum atomic E-state index is -0.954.